The molecule has 7 heteroatoms. The zero-order valence-corrected chi connectivity index (χ0v) is 16.3. The molecular weight excluding hydrogens is 344 g/mol. The first-order chi connectivity index (χ1) is 13.3. The maximum absolute atomic E-state index is 9.26. The summed E-state index contributed by atoms with van der Waals surface area (Å²) in [5.74, 6) is 0.540. The summed E-state index contributed by atoms with van der Waals surface area (Å²) < 4.78 is 13.6. The van der Waals surface area contributed by atoms with Crippen LogP contribution in [0, 0.1) is 0 Å². The molecule has 2 atom stereocenters. The van der Waals surface area contributed by atoms with E-state index in [-0.39, 0.29) is 18.9 Å². The van der Waals surface area contributed by atoms with Gasteiger partial charge in [-0.2, -0.15) is 4.98 Å². The van der Waals surface area contributed by atoms with Crippen molar-refractivity contribution in [3.8, 4) is 5.88 Å². The molecule has 2 aromatic heterocycles. The number of aliphatic hydroxyl groups excluding tert-OH is 1. The van der Waals surface area contributed by atoms with Crippen LogP contribution in [-0.4, -0.2) is 43.9 Å². The third kappa shape index (κ3) is 5.39. The van der Waals surface area contributed by atoms with Gasteiger partial charge in [-0.25, -0.2) is 9.97 Å². The summed E-state index contributed by atoms with van der Waals surface area (Å²) in [6.07, 6.45) is 14.9. The zero-order valence-electron chi connectivity index (χ0n) is 16.3. The molecule has 27 heavy (non-hydrogen) atoms. The van der Waals surface area contributed by atoms with Crippen molar-refractivity contribution < 1.29 is 14.6 Å². The molecule has 0 saturated carbocycles. The maximum Gasteiger partial charge on any atom is 0.245 e. The fourth-order valence-corrected chi connectivity index (χ4v) is 3.58. The van der Waals surface area contributed by atoms with E-state index in [4.69, 9.17) is 9.47 Å². The van der Waals surface area contributed by atoms with Gasteiger partial charge in [-0.1, -0.05) is 51.9 Å². The first-order valence-corrected chi connectivity index (χ1v) is 10.4. The Labute approximate surface area is 161 Å². The molecule has 0 radical (unpaired) electrons. The Hall–Kier alpha value is -1.73. The Balaban J connectivity index is 1.47. The minimum Gasteiger partial charge on any atom is -0.476 e. The molecule has 1 aliphatic heterocycles. The summed E-state index contributed by atoms with van der Waals surface area (Å²) in [5.41, 5.74) is 1.40. The number of hydrogen-bond acceptors (Lipinski definition) is 6. The Morgan fingerprint density at radius 3 is 2.59 bits per heavy atom. The number of aliphatic hydroxyl groups is 1. The molecule has 3 rings (SSSR count). The van der Waals surface area contributed by atoms with Gasteiger partial charge in [-0.15, -0.1) is 0 Å². The Bertz CT molecular complexity index is 691. The number of aromatic nitrogens is 4. The number of rotatable bonds is 12. The maximum atomic E-state index is 9.26. The topological polar surface area (TPSA) is 82.3 Å². The summed E-state index contributed by atoms with van der Waals surface area (Å²) in [6.45, 7) is 2.95. The second-order valence-corrected chi connectivity index (χ2v) is 7.30. The van der Waals surface area contributed by atoms with Crippen molar-refractivity contribution in [1.29, 1.82) is 0 Å². The van der Waals surface area contributed by atoms with Crippen molar-refractivity contribution in [3.63, 3.8) is 0 Å². The fraction of sp³-hybridized carbons (Fsp3) is 0.750. The average molecular weight is 377 g/mol. The highest BCUT2D eigenvalue weighted by Crippen LogP contribution is 2.31. The highest BCUT2D eigenvalue weighted by atomic mass is 16.5. The lowest BCUT2D eigenvalue weighted by Crippen LogP contribution is -2.14. The number of imidazole rings is 1. The highest BCUT2D eigenvalue weighted by molar-refractivity contribution is 5.75. The van der Waals surface area contributed by atoms with Gasteiger partial charge in [-0.3, -0.25) is 4.57 Å². The SMILES string of the molecule is CCCCCCCCCCOc1ncnc2c1ncn2C1CCC(CO)O1. The standard InChI is InChI=1S/C20H32N4O3/c1-2-3-4-5-6-7-8-9-12-26-20-18-19(21-14-22-20)24(15-23-18)17-11-10-16(13-25)27-17/h14-17,25H,2-13H2,1H3. The van der Waals surface area contributed by atoms with Gasteiger partial charge in [0, 0.05) is 0 Å². The molecule has 1 saturated heterocycles. The van der Waals surface area contributed by atoms with Crippen molar-refractivity contribution in [2.75, 3.05) is 13.2 Å². The molecule has 0 amide bonds. The lowest BCUT2D eigenvalue weighted by molar-refractivity contribution is -0.0207. The predicted molar refractivity (Wildman–Crippen MR) is 104 cm³/mol. The predicted octanol–water partition coefficient (Wildman–Crippen LogP) is 4.02. The van der Waals surface area contributed by atoms with Crippen LogP contribution >= 0.6 is 0 Å². The van der Waals surface area contributed by atoms with Gasteiger partial charge in [0.15, 0.2) is 11.2 Å². The molecule has 0 bridgehead atoms. The molecule has 0 aliphatic carbocycles. The Morgan fingerprint density at radius 1 is 1.07 bits per heavy atom. The number of nitrogens with zero attached hydrogens (tertiary/aromatic N) is 4. The molecule has 3 heterocycles. The first-order valence-electron chi connectivity index (χ1n) is 10.4. The van der Waals surface area contributed by atoms with E-state index >= 15 is 0 Å². The van der Waals surface area contributed by atoms with Gasteiger partial charge < -0.3 is 14.6 Å². The van der Waals surface area contributed by atoms with Crippen molar-refractivity contribution >= 4 is 11.2 Å². The number of ether oxygens (including phenoxy) is 2. The molecular formula is C20H32N4O3. The highest BCUT2D eigenvalue weighted by Gasteiger charge is 2.27. The van der Waals surface area contributed by atoms with Crippen LogP contribution in [0.4, 0.5) is 0 Å². The van der Waals surface area contributed by atoms with E-state index in [0.717, 1.165) is 24.9 Å². The van der Waals surface area contributed by atoms with Crippen LogP contribution in [-0.2, 0) is 4.74 Å². The summed E-state index contributed by atoms with van der Waals surface area (Å²) in [6, 6.07) is 0. The van der Waals surface area contributed by atoms with E-state index in [9.17, 15) is 5.11 Å². The molecule has 0 aromatic carbocycles. The van der Waals surface area contributed by atoms with Crippen LogP contribution in [0.15, 0.2) is 12.7 Å². The molecule has 2 unspecified atom stereocenters. The van der Waals surface area contributed by atoms with Crippen LogP contribution in [0.3, 0.4) is 0 Å². The van der Waals surface area contributed by atoms with E-state index in [1.54, 1.807) is 6.33 Å². The molecule has 1 aliphatic rings. The molecule has 1 fully saturated rings. The normalized spacial score (nSPS) is 19.8. The van der Waals surface area contributed by atoms with E-state index in [0.29, 0.717) is 18.0 Å². The van der Waals surface area contributed by atoms with Crippen molar-refractivity contribution in [1.82, 2.24) is 19.5 Å². The lowest BCUT2D eigenvalue weighted by Gasteiger charge is -2.13. The Morgan fingerprint density at radius 2 is 1.85 bits per heavy atom. The van der Waals surface area contributed by atoms with Crippen LogP contribution in [0.2, 0.25) is 0 Å². The molecule has 0 spiro atoms. The van der Waals surface area contributed by atoms with E-state index in [2.05, 4.69) is 21.9 Å². The minimum absolute atomic E-state index is 0.0467. The van der Waals surface area contributed by atoms with Gasteiger partial charge in [0.05, 0.1) is 25.6 Å². The van der Waals surface area contributed by atoms with Gasteiger partial charge in [-0.05, 0) is 19.3 Å². The van der Waals surface area contributed by atoms with Gasteiger partial charge in [0.25, 0.3) is 0 Å². The second-order valence-electron chi connectivity index (χ2n) is 7.30. The summed E-state index contributed by atoms with van der Waals surface area (Å²) in [5, 5.41) is 9.26. The molecule has 7 nitrogen and oxygen atoms in total. The van der Waals surface area contributed by atoms with Crippen molar-refractivity contribution in [2.24, 2.45) is 0 Å². The lowest BCUT2D eigenvalue weighted by atomic mass is 10.1. The largest absolute Gasteiger partial charge is 0.476 e. The zero-order chi connectivity index (χ0) is 18.9. The van der Waals surface area contributed by atoms with Crippen molar-refractivity contribution in [3.05, 3.63) is 12.7 Å². The molecule has 1 N–H and O–H groups in total. The molecule has 2 aromatic rings. The van der Waals surface area contributed by atoms with Crippen molar-refractivity contribution in [2.45, 2.75) is 83.5 Å². The van der Waals surface area contributed by atoms with E-state index in [1.165, 1.54) is 51.3 Å². The summed E-state index contributed by atoms with van der Waals surface area (Å²) >= 11 is 0. The monoisotopic (exact) mass is 376 g/mol. The average Bonchev–Trinajstić information content (AvgIpc) is 3.33. The van der Waals surface area contributed by atoms with Crippen LogP contribution in [0.25, 0.3) is 11.2 Å². The van der Waals surface area contributed by atoms with E-state index < -0.39 is 0 Å². The summed E-state index contributed by atoms with van der Waals surface area (Å²) in [4.78, 5) is 13.1. The third-order valence-corrected chi connectivity index (χ3v) is 5.16. The van der Waals surface area contributed by atoms with Gasteiger partial charge in [0.1, 0.15) is 12.6 Å². The van der Waals surface area contributed by atoms with Gasteiger partial charge >= 0.3 is 0 Å². The fourth-order valence-electron chi connectivity index (χ4n) is 3.58. The minimum atomic E-state index is -0.136. The number of fused-ring (bicyclic) bond motifs is 1. The van der Waals surface area contributed by atoms with Gasteiger partial charge in [0.2, 0.25) is 5.88 Å². The van der Waals surface area contributed by atoms with Crippen LogP contribution in [0.1, 0.15) is 77.4 Å². The quantitative estimate of drug-likeness (QED) is 0.564. The third-order valence-electron chi connectivity index (χ3n) is 5.16. The first kappa shape index (κ1) is 20.0. The Kier molecular flexibility index (Phi) is 7.83. The summed E-state index contributed by atoms with van der Waals surface area (Å²) in [7, 11) is 0. The van der Waals surface area contributed by atoms with Crippen LogP contribution < -0.4 is 4.74 Å². The van der Waals surface area contributed by atoms with Crippen LogP contribution in [0.5, 0.6) is 5.88 Å². The molecule has 150 valence electrons. The smallest absolute Gasteiger partial charge is 0.245 e. The van der Waals surface area contributed by atoms with E-state index in [1.807, 2.05) is 4.57 Å². The second kappa shape index (κ2) is 10.6. The number of unbranched alkanes of at least 4 members (excludes halogenated alkanes) is 7. The number of hydrogen-bond donors (Lipinski definition) is 1.